The van der Waals surface area contributed by atoms with Crippen LogP contribution in [-0.2, 0) is 0 Å². The first kappa shape index (κ1) is 12.5. The lowest BCUT2D eigenvalue weighted by atomic mass is 9.79. The van der Waals surface area contributed by atoms with Crippen LogP contribution >= 0.6 is 11.3 Å². The predicted octanol–water partition coefficient (Wildman–Crippen LogP) is 1.81. The van der Waals surface area contributed by atoms with Crippen LogP contribution in [0.3, 0.4) is 0 Å². The first-order valence-corrected chi connectivity index (χ1v) is 6.92. The molecule has 17 heavy (non-hydrogen) atoms. The first-order chi connectivity index (χ1) is 8.09. The molecule has 2 N–H and O–H groups in total. The van der Waals surface area contributed by atoms with Gasteiger partial charge in [-0.3, -0.25) is 4.79 Å². The van der Waals surface area contributed by atoms with Crippen LogP contribution in [-0.4, -0.2) is 28.1 Å². The summed E-state index contributed by atoms with van der Waals surface area (Å²) in [7, 11) is 0. The predicted molar refractivity (Wildman–Crippen MR) is 67.0 cm³/mol. The Morgan fingerprint density at radius 3 is 2.94 bits per heavy atom. The summed E-state index contributed by atoms with van der Waals surface area (Å²) in [6.45, 7) is 2.53. The molecule has 5 heteroatoms. The third-order valence-electron chi connectivity index (χ3n) is 3.45. The lowest BCUT2D eigenvalue weighted by Gasteiger charge is -2.34. The second kappa shape index (κ2) is 5.14. The first-order valence-electron chi connectivity index (χ1n) is 5.98. The largest absolute Gasteiger partial charge is 0.388 e. The Bertz CT molecular complexity index is 370. The maximum Gasteiger partial charge on any atom is 0.270 e. The minimum Gasteiger partial charge on any atom is -0.388 e. The minimum atomic E-state index is -0.724. The summed E-state index contributed by atoms with van der Waals surface area (Å²) in [4.78, 5) is 15.6. The Kier molecular flexibility index (Phi) is 3.79. The van der Waals surface area contributed by atoms with Gasteiger partial charge in [-0.1, -0.05) is 6.92 Å². The normalized spacial score (nSPS) is 28.9. The van der Waals surface area contributed by atoms with E-state index in [-0.39, 0.29) is 5.91 Å². The van der Waals surface area contributed by atoms with E-state index in [1.807, 2.05) is 0 Å². The van der Waals surface area contributed by atoms with Gasteiger partial charge in [0.25, 0.3) is 5.91 Å². The van der Waals surface area contributed by atoms with Gasteiger partial charge in [0.05, 0.1) is 11.1 Å². The summed E-state index contributed by atoms with van der Waals surface area (Å²) in [6, 6.07) is 0. The van der Waals surface area contributed by atoms with Gasteiger partial charge >= 0.3 is 0 Å². The second-order valence-corrected chi connectivity index (χ2v) is 5.68. The molecular formula is C12H18N2O2S. The van der Waals surface area contributed by atoms with Gasteiger partial charge in [-0.05, 0) is 31.6 Å². The molecule has 1 aliphatic carbocycles. The van der Waals surface area contributed by atoms with Crippen molar-refractivity contribution >= 4 is 17.2 Å². The van der Waals surface area contributed by atoms with Crippen molar-refractivity contribution in [2.75, 3.05) is 6.54 Å². The van der Waals surface area contributed by atoms with Crippen LogP contribution in [0.15, 0.2) is 10.9 Å². The monoisotopic (exact) mass is 254 g/mol. The van der Waals surface area contributed by atoms with Gasteiger partial charge in [-0.15, -0.1) is 11.3 Å². The zero-order valence-electron chi connectivity index (χ0n) is 9.98. The summed E-state index contributed by atoms with van der Waals surface area (Å²) in [6.07, 6.45) is 3.60. The SMILES string of the molecule is CC1CCC(O)(CNC(=O)c2cscn2)CC1. The third-order valence-corrected chi connectivity index (χ3v) is 4.03. The Morgan fingerprint density at radius 2 is 2.35 bits per heavy atom. The molecule has 94 valence electrons. The summed E-state index contributed by atoms with van der Waals surface area (Å²) in [5.74, 6) is 0.489. The fraction of sp³-hybridized carbons (Fsp3) is 0.667. The Hall–Kier alpha value is -0.940. The number of hydrogen-bond acceptors (Lipinski definition) is 4. The molecule has 0 unspecified atom stereocenters. The molecule has 0 radical (unpaired) electrons. The molecule has 2 rings (SSSR count). The van der Waals surface area contributed by atoms with E-state index in [1.54, 1.807) is 10.9 Å². The smallest absolute Gasteiger partial charge is 0.270 e. The molecule has 1 saturated carbocycles. The van der Waals surface area contributed by atoms with Gasteiger partial charge in [-0.25, -0.2) is 4.98 Å². The number of carbonyl (C=O) groups is 1. The van der Waals surface area contributed by atoms with Crippen molar-refractivity contribution < 1.29 is 9.90 Å². The number of thiazole rings is 1. The quantitative estimate of drug-likeness (QED) is 0.865. The van der Waals surface area contributed by atoms with Gasteiger partial charge < -0.3 is 10.4 Å². The van der Waals surface area contributed by atoms with E-state index in [1.165, 1.54) is 11.3 Å². The van der Waals surface area contributed by atoms with Gasteiger partial charge in [-0.2, -0.15) is 0 Å². The fourth-order valence-electron chi connectivity index (χ4n) is 2.14. The molecule has 1 amide bonds. The van der Waals surface area contributed by atoms with Crippen molar-refractivity contribution in [2.45, 2.75) is 38.2 Å². The minimum absolute atomic E-state index is 0.196. The van der Waals surface area contributed by atoms with Gasteiger partial charge in [0.2, 0.25) is 0 Å². The fourth-order valence-corrected chi connectivity index (χ4v) is 2.67. The molecule has 1 fully saturated rings. The molecular weight excluding hydrogens is 236 g/mol. The summed E-state index contributed by atoms with van der Waals surface area (Å²) in [5.41, 5.74) is 1.34. The maximum atomic E-state index is 11.7. The molecule has 0 aromatic carbocycles. The number of hydrogen-bond donors (Lipinski definition) is 2. The average molecular weight is 254 g/mol. The van der Waals surface area contributed by atoms with E-state index in [4.69, 9.17) is 0 Å². The molecule has 4 nitrogen and oxygen atoms in total. The number of amides is 1. The molecule has 0 bridgehead atoms. The van der Waals surface area contributed by atoms with Crippen LogP contribution in [0.5, 0.6) is 0 Å². The van der Waals surface area contributed by atoms with Crippen LogP contribution in [0.25, 0.3) is 0 Å². The highest BCUT2D eigenvalue weighted by Gasteiger charge is 2.32. The van der Waals surface area contributed by atoms with Gasteiger partial charge in [0.15, 0.2) is 0 Å². The van der Waals surface area contributed by atoms with Crippen molar-refractivity contribution in [3.63, 3.8) is 0 Å². The molecule has 0 aliphatic heterocycles. The number of aliphatic hydroxyl groups is 1. The van der Waals surface area contributed by atoms with Crippen LogP contribution in [0, 0.1) is 5.92 Å². The van der Waals surface area contributed by atoms with Gasteiger partial charge in [0, 0.05) is 11.9 Å². The molecule has 1 heterocycles. The molecule has 0 spiro atoms. The van der Waals surface area contributed by atoms with E-state index < -0.39 is 5.60 Å². The summed E-state index contributed by atoms with van der Waals surface area (Å²) < 4.78 is 0. The highest BCUT2D eigenvalue weighted by Crippen LogP contribution is 2.31. The highest BCUT2D eigenvalue weighted by molar-refractivity contribution is 7.07. The summed E-state index contributed by atoms with van der Waals surface area (Å²) >= 11 is 1.39. The molecule has 1 aliphatic rings. The van der Waals surface area contributed by atoms with Crippen molar-refractivity contribution in [3.8, 4) is 0 Å². The highest BCUT2D eigenvalue weighted by atomic mass is 32.1. The zero-order chi connectivity index (χ0) is 12.3. The molecule has 1 aromatic heterocycles. The Morgan fingerprint density at radius 1 is 1.65 bits per heavy atom. The van der Waals surface area contributed by atoms with Crippen LogP contribution < -0.4 is 5.32 Å². The number of nitrogens with one attached hydrogen (secondary N) is 1. The number of rotatable bonds is 3. The molecule has 0 saturated heterocycles. The number of carbonyl (C=O) groups excluding carboxylic acids is 1. The van der Waals surface area contributed by atoms with Crippen molar-refractivity contribution in [1.82, 2.24) is 10.3 Å². The zero-order valence-corrected chi connectivity index (χ0v) is 10.8. The standard InChI is InChI=1S/C12H18N2O2S/c1-9-2-4-12(16,5-3-9)7-13-11(15)10-6-17-8-14-10/h6,8-9,16H,2-5,7H2,1H3,(H,13,15). The average Bonchev–Trinajstić information content (AvgIpc) is 2.84. The number of aromatic nitrogens is 1. The maximum absolute atomic E-state index is 11.7. The lowest BCUT2D eigenvalue weighted by molar-refractivity contribution is -0.00543. The van der Waals surface area contributed by atoms with Crippen molar-refractivity contribution in [2.24, 2.45) is 5.92 Å². The van der Waals surface area contributed by atoms with Gasteiger partial charge in [0.1, 0.15) is 5.69 Å². The van der Waals surface area contributed by atoms with E-state index in [9.17, 15) is 9.90 Å². The van der Waals surface area contributed by atoms with E-state index in [0.717, 1.165) is 25.7 Å². The van der Waals surface area contributed by atoms with Crippen molar-refractivity contribution in [1.29, 1.82) is 0 Å². The molecule has 1 aromatic rings. The lowest BCUT2D eigenvalue weighted by Crippen LogP contribution is -2.45. The Labute approximate surface area is 105 Å². The second-order valence-electron chi connectivity index (χ2n) is 4.96. The van der Waals surface area contributed by atoms with Crippen LogP contribution in [0.4, 0.5) is 0 Å². The summed E-state index contributed by atoms with van der Waals surface area (Å²) in [5, 5.41) is 14.8. The topological polar surface area (TPSA) is 62.2 Å². The molecule has 0 atom stereocenters. The van der Waals surface area contributed by atoms with Crippen LogP contribution in [0.2, 0.25) is 0 Å². The van der Waals surface area contributed by atoms with Crippen LogP contribution in [0.1, 0.15) is 43.1 Å². The third kappa shape index (κ3) is 3.26. The van der Waals surface area contributed by atoms with E-state index in [0.29, 0.717) is 18.2 Å². The Balaban J connectivity index is 1.83. The van der Waals surface area contributed by atoms with E-state index in [2.05, 4.69) is 17.2 Å². The number of nitrogens with zero attached hydrogens (tertiary/aromatic N) is 1. The van der Waals surface area contributed by atoms with Crippen molar-refractivity contribution in [3.05, 3.63) is 16.6 Å². The van der Waals surface area contributed by atoms with E-state index >= 15 is 0 Å².